The molecule has 1 radical (unpaired) electrons. The molecule has 6 aromatic carbocycles. The number of hydrogen-bond acceptors (Lipinski definition) is 4. The minimum atomic E-state index is -2.38. The smallest absolute Gasteiger partial charge is 0.155 e. The van der Waals surface area contributed by atoms with Crippen LogP contribution in [0.2, 0.25) is 26.2 Å². The van der Waals surface area contributed by atoms with Gasteiger partial charge < -0.3 is 5.11 Å². The number of carbonyl (C=O) groups excluding carboxylic acids is 1. The molecule has 1 atom stereocenters. The first-order valence-corrected chi connectivity index (χ1v) is 26.1. The number of rotatable bonds is 2. The van der Waals surface area contributed by atoms with Gasteiger partial charge >= 0.3 is 0 Å². The summed E-state index contributed by atoms with van der Waals surface area (Å²) in [5.74, 6) is -0.0625. The van der Waals surface area contributed by atoms with Gasteiger partial charge in [-0.15, -0.1) is 28.1 Å². The Labute approximate surface area is 326 Å². The molecule has 261 valence electrons. The van der Waals surface area contributed by atoms with Gasteiger partial charge in [0.05, 0.1) is 27.4 Å². The molecule has 3 nitrogen and oxygen atoms in total. The van der Waals surface area contributed by atoms with Gasteiger partial charge in [-0.05, 0) is 85.7 Å². The third kappa shape index (κ3) is 5.74. The molecule has 1 unspecified atom stereocenters. The number of aliphatic hydroxyl groups is 1. The Balaban J connectivity index is 0.000000481. The molecule has 2 aliphatic rings. The summed E-state index contributed by atoms with van der Waals surface area (Å²) in [5, 5.41) is 24.9. The minimum Gasteiger partial charge on any atom is -0.512 e. The van der Waals surface area contributed by atoms with Crippen molar-refractivity contribution in [2.75, 3.05) is 0 Å². The number of carbonyl (C=O) groups is 1. The van der Waals surface area contributed by atoms with Gasteiger partial charge in [-0.1, -0.05) is 134 Å². The molecule has 7 aromatic rings. The summed E-state index contributed by atoms with van der Waals surface area (Å²) >= 11 is 7.23. The number of pyridine rings is 1. The summed E-state index contributed by atoms with van der Waals surface area (Å²) in [4.78, 5) is 15.2. The van der Waals surface area contributed by atoms with E-state index in [4.69, 9.17) is 21.9 Å². The SMILES string of the molecule is CC(=O)/C=C(/C)O.C[Si]1(C)c2[c-]c(-c3ccc4ccccc4n3)cc3c2P(=S)(c2cc4ccccc4cc21)c1cc2ccccc2cc1[Si]3(C)C.[Ir]. The zero-order valence-electron chi connectivity index (χ0n) is 30.0. The first-order valence-electron chi connectivity index (χ1n) is 17.3. The van der Waals surface area contributed by atoms with Crippen LogP contribution in [0.3, 0.4) is 0 Å². The summed E-state index contributed by atoms with van der Waals surface area (Å²) in [5.41, 5.74) is 3.14. The molecule has 0 spiro atoms. The van der Waals surface area contributed by atoms with Gasteiger partial charge in [0.1, 0.15) is 0 Å². The van der Waals surface area contributed by atoms with Crippen LogP contribution < -0.4 is 36.7 Å². The van der Waals surface area contributed by atoms with Crippen molar-refractivity contribution in [3.8, 4) is 11.3 Å². The van der Waals surface area contributed by atoms with Crippen molar-refractivity contribution in [1.82, 2.24) is 4.98 Å². The average molecular weight is 925 g/mol. The third-order valence-corrected chi connectivity index (χ3v) is 23.3. The fraction of sp³-hybridized carbons (Fsp3) is 0.136. The first kappa shape index (κ1) is 36.5. The number of aliphatic hydroxyl groups excluding tert-OH is 1. The first-order chi connectivity index (χ1) is 24.3. The van der Waals surface area contributed by atoms with Crippen LogP contribution in [0.1, 0.15) is 13.8 Å². The monoisotopic (exact) mass is 925 g/mol. The third-order valence-electron chi connectivity index (χ3n) is 10.7. The van der Waals surface area contributed by atoms with E-state index < -0.39 is 22.2 Å². The Morgan fingerprint density at radius 2 is 1.19 bits per heavy atom. The summed E-state index contributed by atoms with van der Waals surface area (Å²) in [6.45, 7) is 13.0. The van der Waals surface area contributed by atoms with E-state index in [1.54, 1.807) is 0 Å². The number of hydrogen-bond donors (Lipinski definition) is 1. The predicted molar refractivity (Wildman–Crippen MR) is 228 cm³/mol. The van der Waals surface area contributed by atoms with Crippen LogP contribution in [0.4, 0.5) is 0 Å². The number of para-hydroxylation sites is 1. The number of allylic oxidation sites excluding steroid dienone is 2. The van der Waals surface area contributed by atoms with E-state index in [9.17, 15) is 4.79 Å². The Bertz CT molecular complexity index is 2580. The molecule has 8 heteroatoms. The molecule has 3 heterocycles. The zero-order chi connectivity index (χ0) is 35.9. The van der Waals surface area contributed by atoms with Gasteiger partial charge in [0.25, 0.3) is 0 Å². The number of fused-ring (bicyclic) bond motifs is 7. The van der Waals surface area contributed by atoms with Crippen molar-refractivity contribution in [2.45, 2.75) is 40.0 Å². The second-order valence-corrected chi connectivity index (χ2v) is 27.8. The molecule has 0 amide bonds. The number of nitrogens with zero attached hydrogens (tertiary/aromatic N) is 1. The summed E-state index contributed by atoms with van der Waals surface area (Å²) in [6, 6.07) is 44.5. The molecule has 1 aromatic heterocycles. The summed E-state index contributed by atoms with van der Waals surface area (Å²) in [7, 11) is -4.38. The second-order valence-electron chi connectivity index (χ2n) is 14.9. The van der Waals surface area contributed by atoms with E-state index in [-0.39, 0.29) is 31.6 Å². The number of ketones is 1. The van der Waals surface area contributed by atoms with Crippen molar-refractivity contribution in [3.63, 3.8) is 0 Å². The molecule has 52 heavy (non-hydrogen) atoms. The summed E-state index contributed by atoms with van der Waals surface area (Å²) < 4.78 is 0. The van der Waals surface area contributed by atoms with Crippen LogP contribution in [0.25, 0.3) is 43.7 Å². The summed E-state index contributed by atoms with van der Waals surface area (Å²) in [6.07, 6.45) is 1.17. The topological polar surface area (TPSA) is 50.2 Å². The van der Waals surface area contributed by atoms with E-state index in [1.807, 2.05) is 0 Å². The van der Waals surface area contributed by atoms with Gasteiger partial charge in [-0.3, -0.25) is 9.78 Å². The second kappa shape index (κ2) is 13.2. The standard InChI is InChI=1S/C39H31NPSSi2.C5H8O2.Ir/c1-43(2)35-21-28-14-7-5-12-26(28)19-33(35)41(42)34-20-27-13-6-8-15-29(27)22-36(34)44(3,4)38-24-30(23-37(43)39(38)41)32-18-17-25-11-9-10-16-31(25)40-32;1-4(6)3-5(2)7;/h5-23H,1-4H3;3,6H,1-2H3;/q-1;;/b;4-3-;. The van der Waals surface area contributed by atoms with Crippen molar-refractivity contribution >= 4 is 109 Å². The molecule has 1 N–H and O–H groups in total. The van der Waals surface area contributed by atoms with E-state index in [0.29, 0.717) is 0 Å². The maximum absolute atomic E-state index is 10.0. The van der Waals surface area contributed by atoms with E-state index >= 15 is 0 Å². The predicted octanol–water partition coefficient (Wildman–Crippen LogP) is 7.07. The largest absolute Gasteiger partial charge is 0.512 e. The number of aromatic nitrogens is 1. The molecule has 9 rings (SSSR count). The number of benzene rings is 6. The fourth-order valence-corrected chi connectivity index (χ4v) is 24.4. The van der Waals surface area contributed by atoms with Gasteiger partial charge in [-0.25, -0.2) is 0 Å². The molecular weight excluding hydrogens is 886 g/mol. The van der Waals surface area contributed by atoms with E-state index in [0.717, 1.165) is 22.2 Å². The Morgan fingerprint density at radius 1 is 0.692 bits per heavy atom. The van der Waals surface area contributed by atoms with Crippen LogP contribution in [0.15, 0.2) is 127 Å². The van der Waals surface area contributed by atoms with Crippen LogP contribution in [0.5, 0.6) is 0 Å². The Morgan fingerprint density at radius 3 is 1.71 bits per heavy atom. The normalized spacial score (nSPS) is 17.6. The van der Waals surface area contributed by atoms with Gasteiger partial charge in [0.15, 0.2) is 5.78 Å². The van der Waals surface area contributed by atoms with Gasteiger partial charge in [0.2, 0.25) is 0 Å². The van der Waals surface area contributed by atoms with Crippen molar-refractivity contribution in [1.29, 1.82) is 0 Å². The zero-order valence-corrected chi connectivity index (χ0v) is 36.1. The Kier molecular flexibility index (Phi) is 9.31. The van der Waals surface area contributed by atoms with Crippen molar-refractivity contribution in [2.24, 2.45) is 0 Å². The molecule has 2 aliphatic heterocycles. The molecule has 0 aliphatic carbocycles. The molecule has 0 fully saturated rings. The minimum absolute atomic E-state index is 0. The van der Waals surface area contributed by atoms with Crippen LogP contribution in [0, 0.1) is 6.07 Å². The van der Waals surface area contributed by atoms with Crippen molar-refractivity contribution < 1.29 is 30.0 Å². The van der Waals surface area contributed by atoms with Crippen molar-refractivity contribution in [3.05, 3.63) is 133 Å². The van der Waals surface area contributed by atoms with Gasteiger partial charge in [0, 0.05) is 32.2 Å². The Hall–Kier alpha value is -3.81. The molecule has 0 saturated heterocycles. The van der Waals surface area contributed by atoms with Gasteiger partial charge in [-0.2, -0.15) is 0 Å². The maximum Gasteiger partial charge on any atom is 0.155 e. The van der Waals surface area contributed by atoms with Crippen LogP contribution >= 0.6 is 6.04 Å². The quantitative estimate of drug-likeness (QED) is 0.0664. The maximum atomic E-state index is 10.0. The molecule has 0 saturated carbocycles. The van der Waals surface area contributed by atoms with E-state index in [1.165, 1.54) is 78.1 Å². The van der Waals surface area contributed by atoms with Crippen LogP contribution in [-0.4, -0.2) is 32.0 Å². The molecular formula is C44H39IrNO2PSSi2-. The fourth-order valence-electron chi connectivity index (χ4n) is 8.11. The average Bonchev–Trinajstić information content (AvgIpc) is 3.11. The molecule has 0 bridgehead atoms. The van der Waals surface area contributed by atoms with Crippen LogP contribution in [-0.2, 0) is 36.7 Å². The van der Waals surface area contributed by atoms with E-state index in [2.05, 4.69) is 148 Å².